The van der Waals surface area contributed by atoms with Gasteiger partial charge in [0, 0.05) is 13.2 Å². The summed E-state index contributed by atoms with van der Waals surface area (Å²) in [4.78, 5) is 12.4. The van der Waals surface area contributed by atoms with Crippen LogP contribution in [0, 0.1) is 12.8 Å². The van der Waals surface area contributed by atoms with Gasteiger partial charge >= 0.3 is 0 Å². The Balaban J connectivity index is 2.01. The van der Waals surface area contributed by atoms with Gasteiger partial charge in [-0.1, -0.05) is 43.3 Å². The summed E-state index contributed by atoms with van der Waals surface area (Å²) in [6, 6.07) is 15.3. The number of aliphatic hydroxyl groups excluding tert-OH is 1. The lowest BCUT2D eigenvalue weighted by Gasteiger charge is -2.14. The Morgan fingerprint density at radius 1 is 1.17 bits per heavy atom. The number of para-hydroxylation sites is 1. The zero-order valence-electron chi connectivity index (χ0n) is 14.3. The van der Waals surface area contributed by atoms with E-state index in [0.29, 0.717) is 30.9 Å². The molecule has 0 aromatic heterocycles. The molecule has 2 aromatic carbocycles. The highest BCUT2D eigenvalue weighted by Gasteiger charge is 2.13. The molecule has 0 bridgehead atoms. The predicted octanol–water partition coefficient (Wildman–Crippen LogP) is 3.32. The van der Waals surface area contributed by atoms with Crippen LogP contribution < -0.4 is 10.1 Å². The maximum absolute atomic E-state index is 12.4. The van der Waals surface area contributed by atoms with Crippen molar-refractivity contribution in [2.45, 2.75) is 26.9 Å². The van der Waals surface area contributed by atoms with Crippen LogP contribution >= 0.6 is 0 Å². The number of carbonyl (C=O) groups is 1. The van der Waals surface area contributed by atoms with Gasteiger partial charge in [-0.15, -0.1) is 0 Å². The number of carbonyl (C=O) groups excluding carboxylic acids is 1. The van der Waals surface area contributed by atoms with E-state index in [1.807, 2.05) is 56.3 Å². The minimum absolute atomic E-state index is 0.132. The van der Waals surface area contributed by atoms with Crippen molar-refractivity contribution in [2.75, 3.05) is 13.2 Å². The molecule has 0 fully saturated rings. The summed E-state index contributed by atoms with van der Waals surface area (Å²) in [6.45, 7) is 5.13. The van der Waals surface area contributed by atoms with Gasteiger partial charge in [-0.25, -0.2) is 0 Å². The highest BCUT2D eigenvalue weighted by molar-refractivity contribution is 5.96. The average Bonchev–Trinajstić information content (AvgIpc) is 2.59. The van der Waals surface area contributed by atoms with Crippen molar-refractivity contribution in [3.8, 4) is 5.75 Å². The Morgan fingerprint density at radius 2 is 1.88 bits per heavy atom. The fourth-order valence-corrected chi connectivity index (χ4v) is 2.39. The van der Waals surface area contributed by atoms with Crippen LogP contribution in [0.15, 0.2) is 48.5 Å². The number of aryl methyl sites for hydroxylation is 1. The van der Waals surface area contributed by atoms with Crippen molar-refractivity contribution >= 4 is 5.91 Å². The van der Waals surface area contributed by atoms with Gasteiger partial charge in [0.1, 0.15) is 12.4 Å². The molecule has 0 radical (unpaired) electrons. The summed E-state index contributed by atoms with van der Waals surface area (Å²) >= 11 is 0. The molecule has 0 aliphatic carbocycles. The van der Waals surface area contributed by atoms with Crippen LogP contribution in [0.25, 0.3) is 0 Å². The van der Waals surface area contributed by atoms with Gasteiger partial charge in [0.2, 0.25) is 0 Å². The van der Waals surface area contributed by atoms with Gasteiger partial charge in [-0.2, -0.15) is 0 Å². The molecule has 0 saturated carbocycles. The molecular weight excluding hydrogens is 302 g/mol. The fourth-order valence-electron chi connectivity index (χ4n) is 2.39. The molecule has 0 spiro atoms. The molecule has 4 heteroatoms. The lowest BCUT2D eigenvalue weighted by Crippen LogP contribution is -2.29. The summed E-state index contributed by atoms with van der Waals surface area (Å²) < 4.78 is 5.88. The molecule has 128 valence electrons. The number of hydrogen-bond donors (Lipinski definition) is 2. The molecule has 4 nitrogen and oxygen atoms in total. The van der Waals surface area contributed by atoms with Gasteiger partial charge in [0.25, 0.3) is 5.91 Å². The van der Waals surface area contributed by atoms with Crippen LogP contribution in [-0.4, -0.2) is 24.2 Å². The quantitative estimate of drug-likeness (QED) is 0.782. The molecule has 24 heavy (non-hydrogen) atoms. The minimum atomic E-state index is -0.153. The molecule has 0 heterocycles. The minimum Gasteiger partial charge on any atom is -0.488 e. The Kier molecular flexibility index (Phi) is 6.82. The SMILES string of the molecule is Cc1ccccc1COc1ccccc1C(=O)NCC(C)CCO. The number of aliphatic hydroxyl groups is 1. The Morgan fingerprint density at radius 3 is 2.62 bits per heavy atom. The molecule has 2 aromatic rings. The van der Waals surface area contributed by atoms with Crippen LogP contribution in [0.3, 0.4) is 0 Å². The molecule has 0 saturated heterocycles. The van der Waals surface area contributed by atoms with Crippen LogP contribution in [0.5, 0.6) is 5.75 Å². The smallest absolute Gasteiger partial charge is 0.255 e. The van der Waals surface area contributed by atoms with Gasteiger partial charge < -0.3 is 15.2 Å². The third-order valence-electron chi connectivity index (χ3n) is 4.01. The van der Waals surface area contributed by atoms with Gasteiger partial charge in [-0.3, -0.25) is 4.79 Å². The second-order valence-electron chi connectivity index (χ2n) is 6.04. The monoisotopic (exact) mass is 327 g/mol. The number of benzene rings is 2. The van der Waals surface area contributed by atoms with Crippen LogP contribution in [-0.2, 0) is 6.61 Å². The summed E-state index contributed by atoms with van der Waals surface area (Å²) in [5.74, 6) is 0.659. The highest BCUT2D eigenvalue weighted by Crippen LogP contribution is 2.20. The molecule has 0 aliphatic rings. The van der Waals surface area contributed by atoms with Crippen molar-refractivity contribution in [1.82, 2.24) is 5.32 Å². The van der Waals surface area contributed by atoms with Crippen molar-refractivity contribution in [2.24, 2.45) is 5.92 Å². The van der Waals surface area contributed by atoms with E-state index in [1.165, 1.54) is 0 Å². The second kappa shape index (κ2) is 9.08. The normalized spacial score (nSPS) is 11.8. The van der Waals surface area contributed by atoms with Crippen molar-refractivity contribution < 1.29 is 14.6 Å². The molecule has 1 unspecified atom stereocenters. The van der Waals surface area contributed by atoms with Crippen LogP contribution in [0.1, 0.15) is 34.8 Å². The lowest BCUT2D eigenvalue weighted by molar-refractivity contribution is 0.0941. The standard InChI is InChI=1S/C20H25NO3/c1-15(11-12-22)13-21-20(23)18-9-5-6-10-19(18)24-14-17-8-4-3-7-16(17)2/h3-10,15,22H,11-14H2,1-2H3,(H,21,23). The number of rotatable bonds is 8. The third kappa shape index (κ3) is 5.10. The second-order valence-corrected chi connectivity index (χ2v) is 6.04. The van der Waals surface area contributed by atoms with Crippen molar-refractivity contribution in [3.63, 3.8) is 0 Å². The molecule has 2 N–H and O–H groups in total. The highest BCUT2D eigenvalue weighted by atomic mass is 16.5. The first kappa shape index (κ1) is 18.0. The van der Waals surface area contributed by atoms with Crippen molar-refractivity contribution in [1.29, 1.82) is 0 Å². The van der Waals surface area contributed by atoms with Gasteiger partial charge in [0.05, 0.1) is 5.56 Å². The van der Waals surface area contributed by atoms with E-state index in [4.69, 9.17) is 9.84 Å². The van der Waals surface area contributed by atoms with Gasteiger partial charge in [0.15, 0.2) is 0 Å². The van der Waals surface area contributed by atoms with E-state index in [2.05, 4.69) is 5.32 Å². The largest absolute Gasteiger partial charge is 0.488 e. The Hall–Kier alpha value is -2.33. The average molecular weight is 327 g/mol. The van der Waals surface area contributed by atoms with E-state index in [1.54, 1.807) is 6.07 Å². The number of ether oxygens (including phenoxy) is 1. The topological polar surface area (TPSA) is 58.6 Å². The predicted molar refractivity (Wildman–Crippen MR) is 95.2 cm³/mol. The van der Waals surface area contributed by atoms with E-state index in [-0.39, 0.29) is 18.4 Å². The maximum atomic E-state index is 12.4. The zero-order valence-corrected chi connectivity index (χ0v) is 14.3. The third-order valence-corrected chi connectivity index (χ3v) is 4.01. The lowest BCUT2D eigenvalue weighted by atomic mass is 10.1. The summed E-state index contributed by atoms with van der Waals surface area (Å²) in [6.07, 6.45) is 0.672. The molecule has 1 amide bonds. The first-order chi connectivity index (χ1) is 11.6. The first-order valence-electron chi connectivity index (χ1n) is 8.27. The number of amides is 1. The van der Waals surface area contributed by atoms with Crippen molar-refractivity contribution in [3.05, 3.63) is 65.2 Å². The van der Waals surface area contributed by atoms with Crippen LogP contribution in [0.2, 0.25) is 0 Å². The summed E-state index contributed by atoms with van der Waals surface area (Å²) in [5, 5.41) is 11.8. The number of hydrogen-bond acceptors (Lipinski definition) is 3. The van der Waals surface area contributed by atoms with Gasteiger partial charge in [-0.05, 0) is 42.5 Å². The van der Waals surface area contributed by atoms with E-state index in [9.17, 15) is 4.79 Å². The zero-order chi connectivity index (χ0) is 17.4. The maximum Gasteiger partial charge on any atom is 0.255 e. The summed E-state index contributed by atoms with van der Waals surface area (Å²) in [7, 11) is 0. The van der Waals surface area contributed by atoms with E-state index < -0.39 is 0 Å². The van der Waals surface area contributed by atoms with Crippen LogP contribution in [0.4, 0.5) is 0 Å². The molecule has 0 aliphatic heterocycles. The molecule has 2 rings (SSSR count). The fraction of sp³-hybridized carbons (Fsp3) is 0.350. The Bertz CT molecular complexity index is 669. The van der Waals surface area contributed by atoms with E-state index in [0.717, 1.165) is 11.1 Å². The first-order valence-corrected chi connectivity index (χ1v) is 8.27. The number of nitrogens with one attached hydrogen (secondary N) is 1. The van der Waals surface area contributed by atoms with E-state index >= 15 is 0 Å². The molecule has 1 atom stereocenters. The summed E-state index contributed by atoms with van der Waals surface area (Å²) in [5.41, 5.74) is 2.80. The molecular formula is C20H25NO3. The Labute approximate surface area is 143 Å².